The molecule has 0 atom stereocenters. The van der Waals surface area contributed by atoms with Gasteiger partial charge in [0.15, 0.2) is 0 Å². The van der Waals surface area contributed by atoms with Crippen LogP contribution in [-0.4, -0.2) is 29.8 Å². The van der Waals surface area contributed by atoms with Crippen LogP contribution in [0.5, 0.6) is 0 Å². The number of rotatable bonds is 2. The molecule has 2 rings (SSSR count). The number of hydrogen-bond donors (Lipinski definition) is 1. The van der Waals surface area contributed by atoms with E-state index in [1.54, 1.807) is 0 Å². The van der Waals surface area contributed by atoms with Crippen LogP contribution in [-0.2, 0) is 9.59 Å². The van der Waals surface area contributed by atoms with E-state index >= 15 is 0 Å². The van der Waals surface area contributed by atoms with Crippen molar-refractivity contribution in [3.05, 3.63) is 28.8 Å². The van der Waals surface area contributed by atoms with Crippen LogP contribution in [0.4, 0.5) is 5.69 Å². The van der Waals surface area contributed by atoms with E-state index in [1.165, 1.54) is 0 Å². The van der Waals surface area contributed by atoms with Gasteiger partial charge in [-0.3, -0.25) is 9.59 Å². The van der Waals surface area contributed by atoms with Crippen molar-refractivity contribution in [1.82, 2.24) is 4.90 Å². The summed E-state index contributed by atoms with van der Waals surface area (Å²) in [5, 5.41) is 3.61. The van der Waals surface area contributed by atoms with Gasteiger partial charge in [-0.2, -0.15) is 0 Å². The molecule has 1 aromatic carbocycles. The van der Waals surface area contributed by atoms with Crippen molar-refractivity contribution in [1.29, 1.82) is 0 Å². The lowest BCUT2D eigenvalue weighted by Gasteiger charge is -2.35. The number of piperidine rings is 1. The third-order valence-electron chi connectivity index (χ3n) is 4.32. The largest absolute Gasteiger partial charge is 0.342 e. The van der Waals surface area contributed by atoms with E-state index in [0.29, 0.717) is 31.0 Å². The molecule has 1 saturated heterocycles. The molecule has 5 heteroatoms. The Labute approximate surface area is 143 Å². The molecular formula is C18H25ClN2O2. The van der Waals surface area contributed by atoms with Crippen molar-refractivity contribution in [3.63, 3.8) is 0 Å². The lowest BCUT2D eigenvalue weighted by Crippen LogP contribution is -2.45. The van der Waals surface area contributed by atoms with Crippen molar-refractivity contribution in [3.8, 4) is 0 Å². The molecular weight excluding hydrogens is 312 g/mol. The van der Waals surface area contributed by atoms with Crippen LogP contribution < -0.4 is 5.32 Å². The number of carbonyl (C=O) groups excluding carboxylic acids is 2. The molecule has 0 bridgehead atoms. The Morgan fingerprint density at radius 1 is 1.22 bits per heavy atom. The molecule has 1 fully saturated rings. The van der Waals surface area contributed by atoms with Crippen molar-refractivity contribution in [2.24, 2.45) is 11.3 Å². The number of hydrogen-bond acceptors (Lipinski definition) is 2. The molecule has 0 radical (unpaired) electrons. The number of carbonyl (C=O) groups is 2. The van der Waals surface area contributed by atoms with Gasteiger partial charge < -0.3 is 10.2 Å². The molecule has 0 saturated carbocycles. The van der Waals surface area contributed by atoms with Crippen molar-refractivity contribution >= 4 is 29.1 Å². The molecule has 126 valence electrons. The normalized spacial score (nSPS) is 16.3. The highest BCUT2D eigenvalue weighted by Gasteiger charge is 2.32. The zero-order valence-electron chi connectivity index (χ0n) is 14.3. The molecule has 1 heterocycles. The van der Waals surface area contributed by atoms with Gasteiger partial charge in [0.2, 0.25) is 11.8 Å². The van der Waals surface area contributed by atoms with E-state index in [-0.39, 0.29) is 23.1 Å². The minimum atomic E-state index is -0.368. The van der Waals surface area contributed by atoms with Gasteiger partial charge in [-0.1, -0.05) is 38.4 Å². The van der Waals surface area contributed by atoms with Gasteiger partial charge in [-0.25, -0.2) is 0 Å². The first-order chi connectivity index (χ1) is 10.7. The van der Waals surface area contributed by atoms with Gasteiger partial charge in [-0.15, -0.1) is 0 Å². The summed E-state index contributed by atoms with van der Waals surface area (Å²) in [6, 6.07) is 5.50. The third kappa shape index (κ3) is 4.25. The Kier molecular flexibility index (Phi) is 5.35. The summed E-state index contributed by atoms with van der Waals surface area (Å²) >= 11 is 6.08. The molecule has 4 nitrogen and oxygen atoms in total. The summed E-state index contributed by atoms with van der Waals surface area (Å²) in [6.45, 7) is 8.95. The van der Waals surface area contributed by atoms with Crippen molar-refractivity contribution < 1.29 is 9.59 Å². The maximum absolute atomic E-state index is 12.4. The monoisotopic (exact) mass is 336 g/mol. The smallest absolute Gasteiger partial charge is 0.227 e. The Bertz CT molecular complexity index is 600. The zero-order valence-corrected chi connectivity index (χ0v) is 15.0. The van der Waals surface area contributed by atoms with E-state index in [4.69, 9.17) is 11.6 Å². The van der Waals surface area contributed by atoms with Crippen LogP contribution in [0.25, 0.3) is 0 Å². The van der Waals surface area contributed by atoms with E-state index in [9.17, 15) is 9.59 Å². The van der Waals surface area contributed by atoms with E-state index in [0.717, 1.165) is 11.3 Å². The molecule has 1 N–H and O–H groups in total. The van der Waals surface area contributed by atoms with Crippen LogP contribution in [0.2, 0.25) is 5.02 Å². The molecule has 0 unspecified atom stereocenters. The Morgan fingerprint density at radius 2 is 1.83 bits per heavy atom. The fourth-order valence-electron chi connectivity index (χ4n) is 2.80. The highest BCUT2D eigenvalue weighted by atomic mass is 35.5. The summed E-state index contributed by atoms with van der Waals surface area (Å²) in [4.78, 5) is 26.6. The summed E-state index contributed by atoms with van der Waals surface area (Å²) in [5.41, 5.74) is 1.27. The van der Waals surface area contributed by atoms with Crippen LogP contribution in [0.15, 0.2) is 18.2 Å². The summed E-state index contributed by atoms with van der Waals surface area (Å²) in [6.07, 6.45) is 1.40. The van der Waals surface area contributed by atoms with Crippen LogP contribution >= 0.6 is 11.6 Å². The number of amides is 2. The van der Waals surface area contributed by atoms with E-state index < -0.39 is 0 Å². The van der Waals surface area contributed by atoms with Gasteiger partial charge in [0.25, 0.3) is 0 Å². The second kappa shape index (κ2) is 6.91. The lowest BCUT2D eigenvalue weighted by molar-refractivity contribution is -0.142. The average Bonchev–Trinajstić information content (AvgIpc) is 2.50. The van der Waals surface area contributed by atoms with Gasteiger partial charge in [-0.05, 0) is 37.5 Å². The van der Waals surface area contributed by atoms with Gasteiger partial charge in [0.05, 0.1) is 0 Å². The molecule has 0 spiro atoms. The third-order valence-corrected chi connectivity index (χ3v) is 4.73. The average molecular weight is 337 g/mol. The molecule has 0 aromatic heterocycles. The SMILES string of the molecule is Cc1c(Cl)cccc1NC(=O)C1CCN(C(=O)C(C)(C)C)CC1. The highest BCUT2D eigenvalue weighted by Crippen LogP contribution is 2.27. The van der Waals surface area contributed by atoms with Crippen LogP contribution in [0, 0.1) is 18.3 Å². The first kappa shape index (κ1) is 17.8. The highest BCUT2D eigenvalue weighted by molar-refractivity contribution is 6.31. The minimum Gasteiger partial charge on any atom is -0.342 e. The predicted octanol–water partition coefficient (Wildman–Crippen LogP) is 3.87. The van der Waals surface area contributed by atoms with Crippen LogP contribution in [0.3, 0.4) is 0 Å². The first-order valence-corrected chi connectivity index (χ1v) is 8.43. The minimum absolute atomic E-state index is 0.0122. The second-order valence-electron chi connectivity index (χ2n) is 7.22. The fraction of sp³-hybridized carbons (Fsp3) is 0.556. The number of nitrogens with zero attached hydrogens (tertiary/aromatic N) is 1. The Balaban J connectivity index is 1.94. The second-order valence-corrected chi connectivity index (χ2v) is 7.63. The summed E-state index contributed by atoms with van der Waals surface area (Å²) < 4.78 is 0. The quantitative estimate of drug-likeness (QED) is 0.891. The molecule has 2 amide bonds. The Morgan fingerprint density at radius 3 is 2.39 bits per heavy atom. The van der Waals surface area contributed by atoms with E-state index in [2.05, 4.69) is 5.32 Å². The van der Waals surface area contributed by atoms with E-state index in [1.807, 2.05) is 50.8 Å². The van der Waals surface area contributed by atoms with Gasteiger partial charge in [0.1, 0.15) is 0 Å². The standard InChI is InChI=1S/C18H25ClN2O2/c1-12-14(19)6-5-7-15(12)20-16(22)13-8-10-21(11-9-13)17(23)18(2,3)4/h5-7,13H,8-11H2,1-4H3,(H,20,22). The summed E-state index contributed by atoms with van der Waals surface area (Å²) in [5.74, 6) is 0.109. The number of halogens is 1. The number of benzene rings is 1. The van der Waals surface area contributed by atoms with Gasteiger partial charge in [0, 0.05) is 35.1 Å². The van der Waals surface area contributed by atoms with Gasteiger partial charge >= 0.3 is 0 Å². The Hall–Kier alpha value is -1.55. The molecule has 0 aliphatic carbocycles. The van der Waals surface area contributed by atoms with Crippen molar-refractivity contribution in [2.75, 3.05) is 18.4 Å². The lowest BCUT2D eigenvalue weighted by atomic mass is 9.90. The molecule has 1 aromatic rings. The number of nitrogens with one attached hydrogen (secondary N) is 1. The maximum atomic E-state index is 12.4. The fourth-order valence-corrected chi connectivity index (χ4v) is 2.97. The topological polar surface area (TPSA) is 49.4 Å². The van der Waals surface area contributed by atoms with Crippen LogP contribution in [0.1, 0.15) is 39.2 Å². The molecule has 1 aliphatic heterocycles. The van der Waals surface area contributed by atoms with Crippen molar-refractivity contribution in [2.45, 2.75) is 40.5 Å². The first-order valence-electron chi connectivity index (χ1n) is 8.05. The zero-order chi connectivity index (χ0) is 17.2. The molecule has 1 aliphatic rings. The molecule has 23 heavy (non-hydrogen) atoms. The number of likely N-dealkylation sites (tertiary alicyclic amines) is 1. The number of anilines is 1. The predicted molar refractivity (Wildman–Crippen MR) is 93.6 cm³/mol. The summed E-state index contributed by atoms with van der Waals surface area (Å²) in [7, 11) is 0. The maximum Gasteiger partial charge on any atom is 0.227 e.